The number of carbonyl (C=O) groups excluding carboxylic acids is 2. The Morgan fingerprint density at radius 3 is 2.21 bits per heavy atom. The number of hydrogen-bond donors (Lipinski definition) is 0. The van der Waals surface area contributed by atoms with Crippen LogP contribution in [0.5, 0.6) is 5.75 Å². The maximum Gasteiger partial charge on any atom is 0.260 e. The SMILES string of the molecule is O=C(COc1ccc2ccccc2c1)N1CCN(C(=O)CC2CCCC2)CC1. The molecule has 28 heavy (non-hydrogen) atoms. The van der Waals surface area contributed by atoms with Gasteiger partial charge in [0.15, 0.2) is 6.61 Å². The van der Waals surface area contributed by atoms with Gasteiger partial charge in [0, 0.05) is 32.6 Å². The summed E-state index contributed by atoms with van der Waals surface area (Å²) in [6.45, 7) is 2.49. The third kappa shape index (κ3) is 4.46. The zero-order valence-electron chi connectivity index (χ0n) is 16.3. The number of ether oxygens (including phenoxy) is 1. The van der Waals surface area contributed by atoms with E-state index in [1.54, 1.807) is 4.90 Å². The molecular weight excluding hydrogens is 352 g/mol. The lowest BCUT2D eigenvalue weighted by atomic mass is 10.0. The van der Waals surface area contributed by atoms with Crippen molar-refractivity contribution in [2.45, 2.75) is 32.1 Å². The van der Waals surface area contributed by atoms with E-state index in [1.165, 1.54) is 25.7 Å². The first kappa shape index (κ1) is 18.8. The lowest BCUT2D eigenvalue weighted by Gasteiger charge is -2.35. The van der Waals surface area contributed by atoms with Crippen LogP contribution in [0.4, 0.5) is 0 Å². The van der Waals surface area contributed by atoms with Crippen molar-refractivity contribution in [3.63, 3.8) is 0 Å². The molecule has 2 amide bonds. The van der Waals surface area contributed by atoms with Gasteiger partial charge in [0.25, 0.3) is 5.91 Å². The molecule has 2 aromatic carbocycles. The number of piperazine rings is 1. The van der Waals surface area contributed by atoms with Crippen LogP contribution in [-0.4, -0.2) is 54.4 Å². The van der Waals surface area contributed by atoms with Crippen molar-refractivity contribution < 1.29 is 14.3 Å². The average Bonchev–Trinajstić information content (AvgIpc) is 3.25. The highest BCUT2D eigenvalue weighted by Crippen LogP contribution is 2.28. The van der Waals surface area contributed by atoms with Crippen molar-refractivity contribution in [1.29, 1.82) is 0 Å². The van der Waals surface area contributed by atoms with Crippen molar-refractivity contribution in [2.24, 2.45) is 5.92 Å². The molecule has 1 saturated heterocycles. The van der Waals surface area contributed by atoms with Crippen LogP contribution in [-0.2, 0) is 9.59 Å². The van der Waals surface area contributed by atoms with Gasteiger partial charge in [-0.15, -0.1) is 0 Å². The number of benzene rings is 2. The second-order valence-electron chi connectivity index (χ2n) is 7.91. The molecule has 0 radical (unpaired) electrons. The Morgan fingerprint density at radius 2 is 1.50 bits per heavy atom. The number of nitrogens with zero attached hydrogens (tertiary/aromatic N) is 2. The molecule has 1 heterocycles. The monoisotopic (exact) mass is 380 g/mol. The zero-order valence-corrected chi connectivity index (χ0v) is 16.3. The summed E-state index contributed by atoms with van der Waals surface area (Å²) < 4.78 is 5.72. The van der Waals surface area contributed by atoms with Crippen molar-refractivity contribution in [1.82, 2.24) is 9.80 Å². The van der Waals surface area contributed by atoms with Gasteiger partial charge in [-0.3, -0.25) is 9.59 Å². The predicted octanol–water partition coefficient (Wildman–Crippen LogP) is 3.47. The number of carbonyl (C=O) groups is 2. The van der Waals surface area contributed by atoms with Crippen LogP contribution in [0, 0.1) is 5.92 Å². The quantitative estimate of drug-likeness (QED) is 0.798. The van der Waals surface area contributed by atoms with Crippen molar-refractivity contribution in [3.8, 4) is 5.75 Å². The maximum absolute atomic E-state index is 12.5. The van der Waals surface area contributed by atoms with Crippen molar-refractivity contribution in [3.05, 3.63) is 42.5 Å². The second kappa shape index (κ2) is 8.63. The van der Waals surface area contributed by atoms with E-state index in [9.17, 15) is 9.59 Å². The van der Waals surface area contributed by atoms with Gasteiger partial charge in [-0.05, 0) is 41.7 Å². The molecule has 0 bridgehead atoms. The Balaban J connectivity index is 1.23. The van der Waals surface area contributed by atoms with Gasteiger partial charge in [0.2, 0.25) is 5.91 Å². The fourth-order valence-corrected chi connectivity index (χ4v) is 4.29. The zero-order chi connectivity index (χ0) is 19.3. The number of amides is 2. The first-order valence-electron chi connectivity index (χ1n) is 10.4. The molecule has 1 aliphatic heterocycles. The van der Waals surface area contributed by atoms with Crippen LogP contribution in [0.15, 0.2) is 42.5 Å². The minimum atomic E-state index is -0.0175. The summed E-state index contributed by atoms with van der Waals surface area (Å²) in [7, 11) is 0. The summed E-state index contributed by atoms with van der Waals surface area (Å²) in [6, 6.07) is 13.9. The fraction of sp³-hybridized carbons (Fsp3) is 0.478. The summed E-state index contributed by atoms with van der Waals surface area (Å²) in [5.74, 6) is 1.52. The molecule has 0 N–H and O–H groups in total. The minimum absolute atomic E-state index is 0.0175. The molecule has 1 saturated carbocycles. The molecule has 2 aromatic rings. The van der Waals surface area contributed by atoms with Crippen molar-refractivity contribution >= 4 is 22.6 Å². The maximum atomic E-state index is 12.5. The molecule has 148 valence electrons. The molecule has 1 aliphatic carbocycles. The lowest BCUT2D eigenvalue weighted by Crippen LogP contribution is -2.51. The second-order valence-corrected chi connectivity index (χ2v) is 7.91. The summed E-state index contributed by atoms with van der Waals surface area (Å²) in [5, 5.41) is 2.25. The van der Waals surface area contributed by atoms with Gasteiger partial charge in [0.05, 0.1) is 0 Å². The van der Waals surface area contributed by atoms with E-state index in [0.29, 0.717) is 44.3 Å². The third-order valence-corrected chi connectivity index (χ3v) is 6.01. The van der Waals surface area contributed by atoms with Crippen LogP contribution < -0.4 is 4.74 Å². The molecule has 2 aliphatic rings. The summed E-state index contributed by atoms with van der Waals surface area (Å²) in [5.41, 5.74) is 0. The Bertz CT molecular complexity index is 837. The predicted molar refractivity (Wildman–Crippen MR) is 109 cm³/mol. The molecular formula is C23H28N2O3. The van der Waals surface area contributed by atoms with E-state index >= 15 is 0 Å². The normalized spacial score (nSPS) is 17.9. The first-order valence-corrected chi connectivity index (χ1v) is 10.4. The standard InChI is InChI=1S/C23H28N2O3/c26-22(15-18-5-1-2-6-18)24-11-13-25(14-12-24)23(27)17-28-21-10-9-19-7-3-4-8-20(19)16-21/h3-4,7-10,16,18H,1-2,5-6,11-15,17H2. The van der Waals surface area contributed by atoms with Gasteiger partial charge in [0.1, 0.15) is 5.75 Å². The molecule has 0 spiro atoms. The fourth-order valence-electron chi connectivity index (χ4n) is 4.29. The number of hydrogen-bond acceptors (Lipinski definition) is 3. The topological polar surface area (TPSA) is 49.9 Å². The van der Waals surface area contributed by atoms with Crippen LogP contribution in [0.2, 0.25) is 0 Å². The summed E-state index contributed by atoms with van der Waals surface area (Å²) in [6.07, 6.45) is 5.58. The number of rotatable bonds is 5. The van der Waals surface area contributed by atoms with E-state index in [4.69, 9.17) is 4.74 Å². The summed E-state index contributed by atoms with van der Waals surface area (Å²) in [4.78, 5) is 28.7. The van der Waals surface area contributed by atoms with Gasteiger partial charge in [-0.25, -0.2) is 0 Å². The molecule has 4 rings (SSSR count). The summed E-state index contributed by atoms with van der Waals surface area (Å²) >= 11 is 0. The Kier molecular flexibility index (Phi) is 5.79. The number of fused-ring (bicyclic) bond motifs is 1. The lowest BCUT2D eigenvalue weighted by molar-refractivity contribution is -0.141. The van der Waals surface area contributed by atoms with Crippen LogP contribution in [0.3, 0.4) is 0 Å². The highest BCUT2D eigenvalue weighted by atomic mass is 16.5. The van der Waals surface area contributed by atoms with Crippen LogP contribution in [0.1, 0.15) is 32.1 Å². The molecule has 0 aromatic heterocycles. The van der Waals surface area contributed by atoms with E-state index < -0.39 is 0 Å². The van der Waals surface area contributed by atoms with Crippen molar-refractivity contribution in [2.75, 3.05) is 32.8 Å². The van der Waals surface area contributed by atoms with Gasteiger partial charge < -0.3 is 14.5 Å². The molecule has 5 heteroatoms. The molecule has 2 fully saturated rings. The molecule has 0 unspecified atom stereocenters. The van der Waals surface area contributed by atoms with E-state index in [-0.39, 0.29) is 18.4 Å². The largest absolute Gasteiger partial charge is 0.484 e. The van der Waals surface area contributed by atoms with Gasteiger partial charge in [-0.2, -0.15) is 0 Å². The molecule has 0 atom stereocenters. The highest BCUT2D eigenvalue weighted by Gasteiger charge is 2.26. The van der Waals surface area contributed by atoms with Crippen LogP contribution in [0.25, 0.3) is 10.8 Å². The Labute approximate surface area is 166 Å². The Hall–Kier alpha value is -2.56. The highest BCUT2D eigenvalue weighted by molar-refractivity contribution is 5.84. The minimum Gasteiger partial charge on any atom is -0.484 e. The van der Waals surface area contributed by atoms with Gasteiger partial charge in [-0.1, -0.05) is 43.2 Å². The molecule has 5 nitrogen and oxygen atoms in total. The van der Waals surface area contributed by atoms with E-state index in [2.05, 4.69) is 6.07 Å². The first-order chi connectivity index (χ1) is 13.7. The van der Waals surface area contributed by atoms with Crippen LogP contribution >= 0.6 is 0 Å². The van der Waals surface area contributed by atoms with E-state index in [0.717, 1.165) is 10.8 Å². The average molecular weight is 380 g/mol. The third-order valence-electron chi connectivity index (χ3n) is 6.01. The van der Waals surface area contributed by atoms with E-state index in [1.807, 2.05) is 41.3 Å². The smallest absolute Gasteiger partial charge is 0.260 e. The van der Waals surface area contributed by atoms with Gasteiger partial charge >= 0.3 is 0 Å². The Morgan fingerprint density at radius 1 is 0.857 bits per heavy atom.